The highest BCUT2D eigenvalue weighted by atomic mass is 32.2. The minimum absolute atomic E-state index is 0.117. The van der Waals surface area contributed by atoms with E-state index >= 15 is 0 Å². The van der Waals surface area contributed by atoms with Crippen LogP contribution in [0.2, 0.25) is 0 Å². The molecule has 3 heterocycles. The summed E-state index contributed by atoms with van der Waals surface area (Å²) in [6.45, 7) is 4.59. The lowest BCUT2D eigenvalue weighted by Gasteiger charge is -2.29. The molecule has 37 heavy (non-hydrogen) atoms. The van der Waals surface area contributed by atoms with Crippen molar-refractivity contribution in [2.75, 3.05) is 24.7 Å². The van der Waals surface area contributed by atoms with Crippen LogP contribution in [0.15, 0.2) is 30.3 Å². The molecule has 3 aliphatic heterocycles. The van der Waals surface area contributed by atoms with E-state index < -0.39 is 0 Å². The van der Waals surface area contributed by atoms with E-state index in [0.29, 0.717) is 11.5 Å². The van der Waals surface area contributed by atoms with E-state index in [4.69, 9.17) is 29.2 Å². The van der Waals surface area contributed by atoms with E-state index in [1.807, 2.05) is 37.3 Å². The number of benzene rings is 1. The average Bonchev–Trinajstić information content (AvgIpc) is 2.92. The molecule has 1 aromatic carbocycles. The van der Waals surface area contributed by atoms with Gasteiger partial charge in [-0.3, -0.25) is 0 Å². The Labute approximate surface area is 231 Å². The van der Waals surface area contributed by atoms with Crippen molar-refractivity contribution in [3.63, 3.8) is 0 Å². The Balaban J connectivity index is 0.000000208. The van der Waals surface area contributed by atoms with Crippen molar-refractivity contribution < 1.29 is 34.0 Å². The van der Waals surface area contributed by atoms with Gasteiger partial charge in [0.05, 0.1) is 25.4 Å². The van der Waals surface area contributed by atoms with Gasteiger partial charge in [-0.15, -0.1) is 23.5 Å². The fourth-order valence-electron chi connectivity index (χ4n) is 4.22. The van der Waals surface area contributed by atoms with Gasteiger partial charge >= 0.3 is 0 Å². The SMILES string of the molecule is CC1CCCC(C=O)O1.CC1CCCC(SCCO)O1.OCCSC1CCCC(Oc2ccccc2)O1. The Morgan fingerprint density at radius 2 is 1.38 bits per heavy atom. The first-order valence-corrected chi connectivity index (χ1v) is 15.7. The van der Waals surface area contributed by atoms with Crippen LogP contribution in [0.3, 0.4) is 0 Å². The number of rotatable bonds is 9. The highest BCUT2D eigenvalue weighted by Crippen LogP contribution is 2.28. The lowest BCUT2D eigenvalue weighted by Crippen LogP contribution is -2.30. The van der Waals surface area contributed by atoms with Gasteiger partial charge in [0, 0.05) is 17.9 Å². The maximum Gasteiger partial charge on any atom is 0.201 e. The zero-order valence-corrected chi connectivity index (χ0v) is 24.0. The summed E-state index contributed by atoms with van der Waals surface area (Å²) < 4.78 is 22.5. The summed E-state index contributed by atoms with van der Waals surface area (Å²) in [7, 11) is 0. The molecule has 0 saturated carbocycles. The van der Waals surface area contributed by atoms with Crippen molar-refractivity contribution in [1.29, 1.82) is 0 Å². The van der Waals surface area contributed by atoms with Gasteiger partial charge in [0.1, 0.15) is 29.0 Å². The van der Waals surface area contributed by atoms with Crippen molar-refractivity contribution in [2.24, 2.45) is 0 Å². The van der Waals surface area contributed by atoms with E-state index in [9.17, 15) is 4.79 Å². The molecule has 6 atom stereocenters. The summed E-state index contributed by atoms with van der Waals surface area (Å²) in [5, 5.41) is 17.4. The van der Waals surface area contributed by atoms with Gasteiger partial charge < -0.3 is 34.0 Å². The number of hydrogen-bond acceptors (Lipinski definition) is 9. The van der Waals surface area contributed by atoms with E-state index in [1.54, 1.807) is 23.5 Å². The molecular formula is C28H46O7S2. The van der Waals surface area contributed by atoms with Gasteiger partial charge in [0.2, 0.25) is 6.29 Å². The molecule has 4 rings (SSSR count). The summed E-state index contributed by atoms with van der Waals surface area (Å²) in [6, 6.07) is 9.75. The summed E-state index contributed by atoms with van der Waals surface area (Å²) >= 11 is 3.39. The molecule has 2 N–H and O–H groups in total. The minimum Gasteiger partial charge on any atom is -0.465 e. The van der Waals surface area contributed by atoms with Crippen molar-refractivity contribution in [3.05, 3.63) is 30.3 Å². The van der Waals surface area contributed by atoms with Crippen LogP contribution in [0.1, 0.15) is 71.6 Å². The van der Waals surface area contributed by atoms with Crippen molar-refractivity contribution >= 4 is 29.8 Å². The van der Waals surface area contributed by atoms with Crippen LogP contribution in [-0.2, 0) is 19.0 Å². The van der Waals surface area contributed by atoms with Gasteiger partial charge in [0.25, 0.3) is 0 Å². The first kappa shape index (κ1) is 32.4. The Kier molecular flexibility index (Phi) is 17.6. The second-order valence-electron chi connectivity index (χ2n) is 9.41. The monoisotopic (exact) mass is 558 g/mol. The van der Waals surface area contributed by atoms with Gasteiger partial charge in [0.15, 0.2) is 0 Å². The van der Waals surface area contributed by atoms with Crippen molar-refractivity contribution in [3.8, 4) is 5.75 Å². The molecule has 0 bridgehead atoms. The number of carbonyl (C=O) groups is 1. The molecule has 3 saturated heterocycles. The molecule has 3 aliphatic rings. The first-order chi connectivity index (χ1) is 18.0. The second kappa shape index (κ2) is 20.1. The number of thioether (sulfide) groups is 2. The Bertz CT molecular complexity index is 696. The van der Waals surface area contributed by atoms with Crippen LogP contribution in [0.25, 0.3) is 0 Å². The summed E-state index contributed by atoms with van der Waals surface area (Å²) in [5.74, 6) is 2.38. The number of aldehydes is 1. The molecule has 0 amide bonds. The fourth-order valence-corrected chi connectivity index (χ4v) is 6.09. The smallest absolute Gasteiger partial charge is 0.201 e. The summed E-state index contributed by atoms with van der Waals surface area (Å²) in [6.07, 6.45) is 11.2. The normalized spacial score (nSPS) is 29.6. The predicted octanol–water partition coefficient (Wildman–Crippen LogP) is 5.41. The lowest BCUT2D eigenvalue weighted by molar-refractivity contribution is -0.125. The third kappa shape index (κ3) is 14.8. The van der Waals surface area contributed by atoms with Gasteiger partial charge in [-0.2, -0.15) is 0 Å². The predicted molar refractivity (Wildman–Crippen MR) is 151 cm³/mol. The Hall–Kier alpha value is -0.810. The molecular weight excluding hydrogens is 512 g/mol. The number of hydrogen-bond donors (Lipinski definition) is 2. The molecule has 0 radical (unpaired) electrons. The third-order valence-corrected chi connectivity index (χ3v) is 8.35. The molecule has 1 aromatic rings. The van der Waals surface area contributed by atoms with Crippen molar-refractivity contribution in [1.82, 2.24) is 0 Å². The highest BCUT2D eigenvalue weighted by Gasteiger charge is 2.23. The van der Waals surface area contributed by atoms with E-state index in [0.717, 1.165) is 68.5 Å². The van der Waals surface area contributed by atoms with Crippen LogP contribution < -0.4 is 4.74 Å². The van der Waals surface area contributed by atoms with Crippen LogP contribution in [0, 0.1) is 0 Å². The zero-order chi connectivity index (χ0) is 26.7. The number of ether oxygens (including phenoxy) is 4. The quantitative estimate of drug-likeness (QED) is 0.386. The lowest BCUT2D eigenvalue weighted by atomic mass is 10.1. The zero-order valence-electron chi connectivity index (χ0n) is 22.4. The summed E-state index contributed by atoms with van der Waals surface area (Å²) in [5.41, 5.74) is 0.496. The topological polar surface area (TPSA) is 94.5 Å². The number of aliphatic hydroxyl groups excluding tert-OH is 2. The maximum atomic E-state index is 10.2. The average molecular weight is 559 g/mol. The van der Waals surface area contributed by atoms with Crippen molar-refractivity contribution in [2.45, 2.75) is 107 Å². The molecule has 6 unspecified atom stereocenters. The van der Waals surface area contributed by atoms with Crippen LogP contribution in [0.5, 0.6) is 5.75 Å². The van der Waals surface area contributed by atoms with Gasteiger partial charge in [-0.1, -0.05) is 18.2 Å². The standard InChI is InChI=1S/C13H18O3S.C8H16O2S.C7H12O2/c14-9-10-17-13-8-4-7-12(16-13)15-11-5-2-1-3-6-11;1-7-3-2-4-8(10-7)11-6-5-9;1-6-3-2-4-7(5-8)9-6/h1-3,5-6,12-14H,4,7-10H2;7-9H,2-6H2,1H3;5-7H,2-4H2,1H3. The first-order valence-electron chi connectivity index (χ1n) is 13.6. The third-order valence-electron chi connectivity index (χ3n) is 6.08. The number of para-hydroxylation sites is 1. The van der Waals surface area contributed by atoms with Gasteiger partial charge in [-0.05, 0) is 77.3 Å². The molecule has 212 valence electrons. The molecule has 0 aromatic heterocycles. The number of aliphatic hydroxyl groups is 2. The molecule has 7 nitrogen and oxygen atoms in total. The molecule has 9 heteroatoms. The van der Waals surface area contributed by atoms with Crippen LogP contribution in [-0.4, -0.2) is 76.7 Å². The van der Waals surface area contributed by atoms with E-state index in [-0.39, 0.29) is 37.1 Å². The molecule has 3 fully saturated rings. The van der Waals surface area contributed by atoms with Crippen LogP contribution >= 0.6 is 23.5 Å². The Morgan fingerprint density at radius 1 is 0.811 bits per heavy atom. The fraction of sp³-hybridized carbons (Fsp3) is 0.750. The van der Waals surface area contributed by atoms with Gasteiger partial charge in [-0.25, -0.2) is 0 Å². The molecule has 0 spiro atoms. The largest absolute Gasteiger partial charge is 0.465 e. The second-order valence-corrected chi connectivity index (χ2v) is 11.9. The Morgan fingerprint density at radius 3 is 1.92 bits per heavy atom. The van der Waals surface area contributed by atoms with Crippen LogP contribution in [0.4, 0.5) is 0 Å². The van der Waals surface area contributed by atoms with E-state index in [2.05, 4.69) is 6.92 Å². The number of carbonyl (C=O) groups excluding carboxylic acids is 1. The minimum atomic E-state index is -0.151. The highest BCUT2D eigenvalue weighted by molar-refractivity contribution is 7.99. The molecule has 0 aliphatic carbocycles. The maximum absolute atomic E-state index is 10.2. The summed E-state index contributed by atoms with van der Waals surface area (Å²) in [4.78, 5) is 10.2. The van der Waals surface area contributed by atoms with E-state index in [1.165, 1.54) is 12.8 Å².